The average Bonchev–Trinajstić information content (AvgIpc) is 3.02. The minimum absolute atomic E-state index is 0.00100. The van der Waals surface area contributed by atoms with Crippen LogP contribution in [-0.2, 0) is 65.9 Å². The van der Waals surface area contributed by atoms with E-state index in [2.05, 4.69) is 4.52 Å². The van der Waals surface area contributed by atoms with Crippen LogP contribution in [0.15, 0.2) is 4.52 Å². The Labute approximate surface area is 260 Å². The SMILES string of the molecule is COCCOCCOCCOCCOCCOCCOP=NPOCCOCCOCCOCCOCCOCCOC. The maximum Gasteiger partial charge on any atom is 0.178 e. The van der Waals surface area contributed by atoms with Gasteiger partial charge < -0.3 is 65.9 Å². The molecule has 0 aromatic carbocycles. The number of hydrogen-bond donors (Lipinski definition) is 0. The zero-order valence-corrected chi connectivity index (χ0v) is 28.0. The van der Waals surface area contributed by atoms with Crippen LogP contribution in [0.3, 0.4) is 0 Å². The van der Waals surface area contributed by atoms with Gasteiger partial charge in [0.2, 0.25) is 0 Å². The zero-order chi connectivity index (χ0) is 31.0. The molecule has 0 amide bonds. The molecule has 0 N–H and O–H groups in total. The van der Waals surface area contributed by atoms with Crippen LogP contribution < -0.4 is 0 Å². The van der Waals surface area contributed by atoms with Gasteiger partial charge in [0.15, 0.2) is 8.60 Å². The molecule has 0 spiro atoms. The molecule has 0 aliphatic rings. The molecular weight excluding hydrogens is 612 g/mol. The van der Waals surface area contributed by atoms with Gasteiger partial charge in [0, 0.05) is 14.2 Å². The van der Waals surface area contributed by atoms with Crippen LogP contribution in [-0.4, -0.2) is 173 Å². The zero-order valence-electron chi connectivity index (χ0n) is 26.1. The molecule has 15 nitrogen and oxygen atoms in total. The van der Waals surface area contributed by atoms with E-state index in [1.54, 1.807) is 14.2 Å². The van der Waals surface area contributed by atoms with E-state index in [-0.39, 0.29) is 8.96 Å². The maximum atomic E-state index is 5.44. The first-order valence-corrected chi connectivity index (χ1v) is 16.2. The highest BCUT2D eigenvalue weighted by molar-refractivity contribution is 7.39. The van der Waals surface area contributed by atoms with Crippen LogP contribution in [0.2, 0.25) is 0 Å². The van der Waals surface area contributed by atoms with Crippen molar-refractivity contribution in [3.05, 3.63) is 0 Å². The number of hydrogen-bond acceptors (Lipinski definition) is 15. The monoisotopic (exact) mass is 667 g/mol. The van der Waals surface area contributed by atoms with Crippen molar-refractivity contribution < 1.29 is 65.9 Å². The molecule has 1 unspecified atom stereocenters. The molecule has 43 heavy (non-hydrogen) atoms. The van der Waals surface area contributed by atoms with Gasteiger partial charge in [-0.25, -0.2) is 0 Å². The number of ether oxygens (including phenoxy) is 12. The fraction of sp³-hybridized carbons (Fsp3) is 1.00. The molecule has 0 radical (unpaired) electrons. The van der Waals surface area contributed by atoms with Crippen molar-refractivity contribution in [1.82, 2.24) is 0 Å². The Hall–Kier alpha value is -0.0300. The molecule has 17 heteroatoms. The third-order valence-electron chi connectivity index (χ3n) is 4.69. The van der Waals surface area contributed by atoms with E-state index in [4.69, 9.17) is 65.9 Å². The first kappa shape index (κ1) is 43.0. The molecule has 1 atom stereocenters. The van der Waals surface area contributed by atoms with E-state index >= 15 is 0 Å². The first-order valence-electron chi connectivity index (χ1n) is 14.6. The fourth-order valence-electron chi connectivity index (χ4n) is 2.61. The summed E-state index contributed by atoms with van der Waals surface area (Å²) in [6.45, 7) is 12.6. The second-order valence-electron chi connectivity index (χ2n) is 8.06. The quantitative estimate of drug-likeness (QED) is 0.0697. The van der Waals surface area contributed by atoms with Crippen LogP contribution in [0.5, 0.6) is 0 Å². The van der Waals surface area contributed by atoms with Crippen molar-refractivity contribution in [2.24, 2.45) is 4.52 Å². The number of nitrogens with zero attached hydrogens (tertiary/aromatic N) is 1. The van der Waals surface area contributed by atoms with Crippen LogP contribution in [0, 0.1) is 0 Å². The highest BCUT2D eigenvalue weighted by atomic mass is 31.1. The van der Waals surface area contributed by atoms with Crippen LogP contribution in [0.1, 0.15) is 0 Å². The van der Waals surface area contributed by atoms with Crippen molar-refractivity contribution in [2.45, 2.75) is 0 Å². The molecule has 0 aliphatic heterocycles. The molecule has 0 aromatic rings. The minimum Gasteiger partial charge on any atom is -0.382 e. The van der Waals surface area contributed by atoms with Crippen molar-refractivity contribution in [3.8, 4) is 0 Å². The highest BCUT2D eigenvalue weighted by Crippen LogP contribution is 2.20. The third-order valence-corrected chi connectivity index (χ3v) is 5.98. The van der Waals surface area contributed by atoms with Crippen molar-refractivity contribution in [1.29, 1.82) is 0 Å². The standard InChI is InChI=1S/C26H55NO14P2/c1-28-3-5-30-7-9-32-11-13-34-15-17-36-19-21-38-23-25-40-42-27-43-41-26-24-39-22-20-37-18-16-35-14-12-33-10-8-31-6-4-29-2/h42H,3-26H2,1-2H3. The fourth-order valence-corrected chi connectivity index (χ4v) is 3.53. The molecule has 0 rings (SSSR count). The molecule has 0 aliphatic carbocycles. The number of rotatable bonds is 39. The van der Waals surface area contributed by atoms with Gasteiger partial charge in [-0.3, -0.25) is 0 Å². The van der Waals surface area contributed by atoms with Crippen LogP contribution in [0.25, 0.3) is 0 Å². The molecule has 0 aromatic heterocycles. The van der Waals surface area contributed by atoms with E-state index in [1.165, 1.54) is 0 Å². The largest absolute Gasteiger partial charge is 0.382 e. The van der Waals surface area contributed by atoms with Gasteiger partial charge in [-0.1, -0.05) is 0 Å². The summed E-state index contributed by atoms with van der Waals surface area (Å²) < 4.78 is 78.6. The van der Waals surface area contributed by atoms with E-state index in [0.29, 0.717) is 167 Å². The molecule has 0 saturated heterocycles. The van der Waals surface area contributed by atoms with Crippen molar-refractivity contribution >= 4 is 17.6 Å². The molecule has 0 heterocycles. The second kappa shape index (κ2) is 42.0. The lowest BCUT2D eigenvalue weighted by atomic mass is 10.7. The average molecular weight is 668 g/mol. The topological polar surface area (TPSA) is 142 Å². The van der Waals surface area contributed by atoms with Crippen LogP contribution in [0.4, 0.5) is 0 Å². The van der Waals surface area contributed by atoms with Gasteiger partial charge >= 0.3 is 0 Å². The molecule has 0 saturated carbocycles. The van der Waals surface area contributed by atoms with E-state index in [9.17, 15) is 0 Å². The van der Waals surface area contributed by atoms with Gasteiger partial charge in [-0.2, -0.15) is 4.52 Å². The molecular formula is C26H55NO14P2. The highest BCUT2D eigenvalue weighted by Gasteiger charge is 1.96. The summed E-state index contributed by atoms with van der Waals surface area (Å²) in [5.41, 5.74) is 0. The summed E-state index contributed by atoms with van der Waals surface area (Å²) in [5, 5.41) is 0. The van der Waals surface area contributed by atoms with Crippen LogP contribution >= 0.6 is 17.6 Å². The summed E-state index contributed by atoms with van der Waals surface area (Å²) in [4.78, 5) is 0. The Balaban J connectivity index is 3.08. The predicted molar refractivity (Wildman–Crippen MR) is 162 cm³/mol. The predicted octanol–water partition coefficient (Wildman–Crippen LogP) is 2.03. The van der Waals surface area contributed by atoms with Gasteiger partial charge in [-0.15, -0.1) is 0 Å². The Bertz CT molecular complexity index is 532. The minimum atomic E-state index is 0.00100. The Morgan fingerprint density at radius 3 is 0.907 bits per heavy atom. The van der Waals surface area contributed by atoms with Gasteiger partial charge in [0.05, 0.1) is 159 Å². The molecule has 0 fully saturated rings. The lowest BCUT2D eigenvalue weighted by molar-refractivity contribution is -0.0157. The van der Waals surface area contributed by atoms with E-state index < -0.39 is 0 Å². The Kier molecular flexibility index (Phi) is 41.9. The van der Waals surface area contributed by atoms with Crippen molar-refractivity contribution in [2.75, 3.05) is 173 Å². The smallest absolute Gasteiger partial charge is 0.178 e. The summed E-state index contributed by atoms with van der Waals surface area (Å²) in [5.74, 6) is 0. The Morgan fingerprint density at radius 2 is 0.605 bits per heavy atom. The van der Waals surface area contributed by atoms with Gasteiger partial charge in [0.25, 0.3) is 0 Å². The van der Waals surface area contributed by atoms with E-state index in [0.717, 1.165) is 0 Å². The lowest BCUT2D eigenvalue weighted by Gasteiger charge is -2.08. The normalized spacial score (nSPS) is 12.0. The first-order chi connectivity index (χ1) is 21.4. The van der Waals surface area contributed by atoms with Gasteiger partial charge in [0.1, 0.15) is 8.96 Å². The third kappa shape index (κ3) is 42.0. The van der Waals surface area contributed by atoms with Crippen molar-refractivity contribution in [3.63, 3.8) is 0 Å². The lowest BCUT2D eigenvalue weighted by Crippen LogP contribution is -2.14. The number of methoxy groups -OCH3 is 2. The second-order valence-corrected chi connectivity index (χ2v) is 9.76. The van der Waals surface area contributed by atoms with Gasteiger partial charge in [-0.05, 0) is 0 Å². The summed E-state index contributed by atoms with van der Waals surface area (Å²) in [7, 11) is 3.80. The Morgan fingerprint density at radius 1 is 0.349 bits per heavy atom. The summed E-state index contributed by atoms with van der Waals surface area (Å²) in [6, 6.07) is 0. The summed E-state index contributed by atoms with van der Waals surface area (Å²) in [6.07, 6.45) is 0. The maximum absolute atomic E-state index is 5.44. The summed E-state index contributed by atoms with van der Waals surface area (Å²) >= 11 is 0. The molecule has 0 bridgehead atoms. The molecule has 258 valence electrons. The van der Waals surface area contributed by atoms with E-state index in [1.807, 2.05) is 0 Å².